The minimum atomic E-state index is -2.91. The molecule has 0 aromatic heterocycles. The van der Waals surface area contributed by atoms with E-state index in [0.717, 1.165) is 12.8 Å². The monoisotopic (exact) mass is 272 g/mol. The van der Waals surface area contributed by atoms with Gasteiger partial charge in [-0.25, -0.2) is 0 Å². The number of ether oxygens (including phenoxy) is 1. The van der Waals surface area contributed by atoms with E-state index >= 15 is 0 Å². The van der Waals surface area contributed by atoms with Crippen molar-refractivity contribution in [3.63, 3.8) is 0 Å². The molecule has 106 valence electrons. The Morgan fingerprint density at radius 2 is 2.21 bits per heavy atom. The number of alkyl halides is 2. The van der Waals surface area contributed by atoms with E-state index in [-0.39, 0.29) is 23.3 Å². The zero-order valence-corrected chi connectivity index (χ0v) is 10.7. The van der Waals surface area contributed by atoms with Gasteiger partial charge in [-0.2, -0.15) is 8.78 Å². The number of carbonyl (C=O) groups is 1. The molecule has 0 fully saturated rings. The zero-order valence-electron chi connectivity index (χ0n) is 10.7. The smallest absolute Gasteiger partial charge is 0.387 e. The lowest BCUT2D eigenvalue weighted by Crippen LogP contribution is -2.40. The molecule has 0 aliphatic rings. The normalized spacial score (nSPS) is 12.3. The summed E-state index contributed by atoms with van der Waals surface area (Å²) < 4.78 is 28.4. The SMILES string of the molecule is CCCC(CN)NC(=O)c1cccc(OC(F)F)c1. The highest BCUT2D eigenvalue weighted by Gasteiger charge is 2.13. The number of carbonyl (C=O) groups excluding carboxylic acids is 1. The summed E-state index contributed by atoms with van der Waals surface area (Å²) >= 11 is 0. The maximum absolute atomic E-state index is 12.1. The Morgan fingerprint density at radius 3 is 2.79 bits per heavy atom. The van der Waals surface area contributed by atoms with Crippen molar-refractivity contribution >= 4 is 5.91 Å². The van der Waals surface area contributed by atoms with Gasteiger partial charge in [-0.3, -0.25) is 4.79 Å². The van der Waals surface area contributed by atoms with Crippen LogP contribution in [-0.4, -0.2) is 25.1 Å². The van der Waals surface area contributed by atoms with Gasteiger partial charge in [0.1, 0.15) is 5.75 Å². The van der Waals surface area contributed by atoms with Gasteiger partial charge >= 0.3 is 6.61 Å². The highest BCUT2D eigenvalue weighted by atomic mass is 19.3. The van der Waals surface area contributed by atoms with Crippen molar-refractivity contribution in [1.82, 2.24) is 5.32 Å². The van der Waals surface area contributed by atoms with E-state index in [4.69, 9.17) is 5.73 Å². The van der Waals surface area contributed by atoms with Crippen LogP contribution in [0.3, 0.4) is 0 Å². The van der Waals surface area contributed by atoms with Gasteiger partial charge < -0.3 is 15.8 Å². The molecule has 1 aromatic rings. The van der Waals surface area contributed by atoms with Gasteiger partial charge in [0.25, 0.3) is 5.91 Å². The van der Waals surface area contributed by atoms with Crippen LogP contribution in [0.2, 0.25) is 0 Å². The van der Waals surface area contributed by atoms with Gasteiger partial charge in [-0.1, -0.05) is 19.4 Å². The molecule has 1 atom stereocenters. The van der Waals surface area contributed by atoms with Crippen LogP contribution in [0.5, 0.6) is 5.75 Å². The molecule has 6 heteroatoms. The van der Waals surface area contributed by atoms with E-state index in [1.54, 1.807) is 0 Å². The number of benzene rings is 1. The molecule has 0 aliphatic carbocycles. The number of hydrogen-bond acceptors (Lipinski definition) is 3. The lowest BCUT2D eigenvalue weighted by Gasteiger charge is -2.16. The number of amides is 1. The average Bonchev–Trinajstić information content (AvgIpc) is 2.37. The number of rotatable bonds is 7. The molecule has 1 unspecified atom stereocenters. The minimum Gasteiger partial charge on any atom is -0.435 e. The summed E-state index contributed by atoms with van der Waals surface area (Å²) in [5, 5.41) is 2.76. The van der Waals surface area contributed by atoms with Crippen LogP contribution in [0.25, 0.3) is 0 Å². The Kier molecular flexibility index (Phi) is 6.21. The fraction of sp³-hybridized carbons (Fsp3) is 0.462. The molecule has 19 heavy (non-hydrogen) atoms. The number of nitrogens with two attached hydrogens (primary N) is 1. The van der Waals surface area contributed by atoms with Crippen LogP contribution in [0, 0.1) is 0 Å². The zero-order chi connectivity index (χ0) is 14.3. The molecule has 0 saturated carbocycles. The Balaban J connectivity index is 2.70. The van der Waals surface area contributed by atoms with Crippen molar-refractivity contribution in [2.75, 3.05) is 6.54 Å². The average molecular weight is 272 g/mol. The van der Waals surface area contributed by atoms with E-state index in [0.29, 0.717) is 6.54 Å². The molecule has 0 spiro atoms. The van der Waals surface area contributed by atoms with Crippen LogP contribution in [0.1, 0.15) is 30.1 Å². The van der Waals surface area contributed by atoms with Gasteiger partial charge in [0.05, 0.1) is 0 Å². The number of hydrogen-bond donors (Lipinski definition) is 2. The van der Waals surface area contributed by atoms with Crippen molar-refractivity contribution in [3.8, 4) is 5.75 Å². The standard InChI is InChI=1S/C13H18F2N2O2/c1-2-4-10(8-16)17-12(18)9-5-3-6-11(7-9)19-13(14)15/h3,5-7,10,13H,2,4,8,16H2,1H3,(H,17,18). The van der Waals surface area contributed by atoms with Crippen LogP contribution < -0.4 is 15.8 Å². The molecule has 3 N–H and O–H groups in total. The first-order chi connectivity index (χ1) is 9.06. The second kappa shape index (κ2) is 7.68. The van der Waals surface area contributed by atoms with Crippen molar-refractivity contribution in [1.29, 1.82) is 0 Å². The molecule has 0 aliphatic heterocycles. The fourth-order valence-electron chi connectivity index (χ4n) is 1.68. The van der Waals surface area contributed by atoms with Gasteiger partial charge in [0, 0.05) is 18.2 Å². The minimum absolute atomic E-state index is 0.0394. The molecule has 4 nitrogen and oxygen atoms in total. The van der Waals surface area contributed by atoms with Crippen LogP contribution in [0.4, 0.5) is 8.78 Å². The van der Waals surface area contributed by atoms with Crippen molar-refractivity contribution < 1.29 is 18.3 Å². The predicted molar refractivity (Wildman–Crippen MR) is 68.3 cm³/mol. The molecule has 0 bridgehead atoms. The molecular weight excluding hydrogens is 254 g/mol. The first-order valence-corrected chi connectivity index (χ1v) is 6.12. The highest BCUT2D eigenvalue weighted by Crippen LogP contribution is 2.16. The molecule has 0 saturated heterocycles. The Labute approximate surface area is 110 Å². The Morgan fingerprint density at radius 1 is 1.47 bits per heavy atom. The van der Waals surface area contributed by atoms with Crippen LogP contribution in [-0.2, 0) is 0 Å². The molecular formula is C13H18F2N2O2. The lowest BCUT2D eigenvalue weighted by atomic mass is 10.1. The Hall–Kier alpha value is -1.69. The number of halogens is 2. The molecule has 1 amide bonds. The summed E-state index contributed by atoms with van der Waals surface area (Å²) in [6.07, 6.45) is 1.67. The third kappa shape index (κ3) is 5.21. The fourth-order valence-corrected chi connectivity index (χ4v) is 1.68. The Bertz CT molecular complexity index is 413. The van der Waals surface area contributed by atoms with Gasteiger partial charge in [-0.05, 0) is 24.6 Å². The first-order valence-electron chi connectivity index (χ1n) is 6.12. The number of nitrogens with one attached hydrogen (secondary N) is 1. The summed E-state index contributed by atoms with van der Waals surface area (Å²) in [6, 6.07) is 5.56. The molecule has 0 radical (unpaired) electrons. The van der Waals surface area contributed by atoms with Gasteiger partial charge in [0.15, 0.2) is 0 Å². The largest absolute Gasteiger partial charge is 0.435 e. The molecule has 0 heterocycles. The van der Waals surface area contributed by atoms with Gasteiger partial charge in [0.2, 0.25) is 0 Å². The first kappa shape index (κ1) is 15.4. The second-order valence-corrected chi connectivity index (χ2v) is 4.10. The summed E-state index contributed by atoms with van der Waals surface area (Å²) in [6.45, 7) is -0.575. The van der Waals surface area contributed by atoms with Crippen LogP contribution in [0.15, 0.2) is 24.3 Å². The second-order valence-electron chi connectivity index (χ2n) is 4.10. The molecule has 1 rings (SSSR count). The van der Waals surface area contributed by atoms with E-state index in [2.05, 4.69) is 10.1 Å². The summed E-state index contributed by atoms with van der Waals surface area (Å²) in [5.74, 6) is -0.383. The maximum Gasteiger partial charge on any atom is 0.387 e. The quantitative estimate of drug-likeness (QED) is 0.799. The van der Waals surface area contributed by atoms with Gasteiger partial charge in [-0.15, -0.1) is 0 Å². The summed E-state index contributed by atoms with van der Waals surface area (Å²) in [5.41, 5.74) is 5.81. The van der Waals surface area contributed by atoms with E-state index < -0.39 is 6.61 Å². The highest BCUT2D eigenvalue weighted by molar-refractivity contribution is 5.94. The topological polar surface area (TPSA) is 64.3 Å². The lowest BCUT2D eigenvalue weighted by molar-refractivity contribution is -0.0498. The van der Waals surface area contributed by atoms with Crippen LogP contribution >= 0.6 is 0 Å². The van der Waals surface area contributed by atoms with E-state index in [9.17, 15) is 13.6 Å². The van der Waals surface area contributed by atoms with E-state index in [1.807, 2.05) is 6.92 Å². The van der Waals surface area contributed by atoms with Crippen molar-refractivity contribution in [2.45, 2.75) is 32.4 Å². The third-order valence-corrected chi connectivity index (χ3v) is 2.58. The summed E-state index contributed by atoms with van der Waals surface area (Å²) in [4.78, 5) is 11.9. The maximum atomic E-state index is 12.1. The molecule has 1 aromatic carbocycles. The van der Waals surface area contributed by atoms with Crippen molar-refractivity contribution in [2.24, 2.45) is 5.73 Å². The van der Waals surface area contributed by atoms with Crippen molar-refractivity contribution in [3.05, 3.63) is 29.8 Å². The third-order valence-electron chi connectivity index (χ3n) is 2.58. The predicted octanol–water partition coefficient (Wildman–Crippen LogP) is 2.15. The van der Waals surface area contributed by atoms with E-state index in [1.165, 1.54) is 24.3 Å². The summed E-state index contributed by atoms with van der Waals surface area (Å²) in [7, 11) is 0.